The summed E-state index contributed by atoms with van der Waals surface area (Å²) in [5.74, 6) is 0.850. The molecule has 0 saturated carbocycles. The maximum atomic E-state index is 12.6. The Kier molecular flexibility index (Phi) is 8.53. The van der Waals surface area contributed by atoms with Crippen LogP contribution in [0.2, 0.25) is 0 Å². The zero-order chi connectivity index (χ0) is 30.9. The number of rotatable bonds is 7. The summed E-state index contributed by atoms with van der Waals surface area (Å²) in [6.45, 7) is 9.91. The summed E-state index contributed by atoms with van der Waals surface area (Å²) in [4.78, 5) is 6.24. The number of ether oxygens (including phenoxy) is 1. The highest BCUT2D eigenvalue weighted by atomic mass is 32.2. The van der Waals surface area contributed by atoms with Crippen LogP contribution in [0.15, 0.2) is 76.9 Å². The maximum Gasteiger partial charge on any atom is 0.572 e. The molecule has 2 atom stereocenters. The fourth-order valence-corrected chi connectivity index (χ4v) is 6.10. The Labute approximate surface area is 252 Å². The summed E-state index contributed by atoms with van der Waals surface area (Å²) in [6.07, 6.45) is 1.48. The van der Waals surface area contributed by atoms with Gasteiger partial charge in [0.05, 0.1) is 6.21 Å². The average Bonchev–Trinajstić information content (AvgIpc) is 3.53. The number of hydrogen-bond acceptors (Lipinski definition) is 7. The number of anilines is 1. The second-order valence-electron chi connectivity index (χ2n) is 11.2. The van der Waals surface area contributed by atoms with Crippen molar-refractivity contribution < 1.29 is 23.0 Å². The van der Waals surface area contributed by atoms with Gasteiger partial charge in [-0.3, -0.25) is 4.90 Å². The number of aliphatic hydroxyl groups is 1. The number of alkyl halides is 3. The summed E-state index contributed by atoms with van der Waals surface area (Å²) < 4.78 is 43.3. The molecule has 226 valence electrons. The van der Waals surface area contributed by atoms with Crippen molar-refractivity contribution in [2.75, 3.05) is 10.7 Å². The van der Waals surface area contributed by atoms with Crippen LogP contribution in [0.3, 0.4) is 0 Å². The molecule has 3 aromatic rings. The van der Waals surface area contributed by atoms with Crippen LogP contribution in [-0.2, 0) is 4.74 Å². The van der Waals surface area contributed by atoms with Crippen molar-refractivity contribution in [2.24, 2.45) is 16.1 Å². The molecule has 12 heteroatoms. The van der Waals surface area contributed by atoms with E-state index in [2.05, 4.69) is 51.9 Å². The molecule has 1 N–H and O–H groups in total. The van der Waals surface area contributed by atoms with Crippen LogP contribution >= 0.6 is 11.8 Å². The number of thioether (sulfide) groups is 1. The summed E-state index contributed by atoms with van der Waals surface area (Å²) in [7, 11) is 0. The average molecular weight is 611 g/mol. The first kappa shape index (κ1) is 30.6. The molecule has 8 nitrogen and oxygen atoms in total. The monoisotopic (exact) mass is 610 g/mol. The molecule has 1 fully saturated rings. The van der Waals surface area contributed by atoms with Crippen molar-refractivity contribution in [1.82, 2.24) is 14.8 Å². The minimum absolute atomic E-state index is 0.108. The van der Waals surface area contributed by atoms with Gasteiger partial charge in [-0.05, 0) is 49.1 Å². The lowest BCUT2D eigenvalue weighted by Crippen LogP contribution is -2.45. The van der Waals surface area contributed by atoms with E-state index in [4.69, 9.17) is 0 Å². The van der Waals surface area contributed by atoms with Gasteiger partial charge in [0.25, 0.3) is 0 Å². The number of halogens is 3. The highest BCUT2D eigenvalue weighted by Gasteiger charge is 2.41. The van der Waals surface area contributed by atoms with Crippen molar-refractivity contribution in [3.63, 3.8) is 0 Å². The van der Waals surface area contributed by atoms with E-state index in [-0.39, 0.29) is 24.0 Å². The predicted molar refractivity (Wildman–Crippen MR) is 165 cm³/mol. The van der Waals surface area contributed by atoms with E-state index >= 15 is 0 Å². The first-order chi connectivity index (χ1) is 20.3. The highest BCUT2D eigenvalue weighted by Crippen LogP contribution is 2.40. The van der Waals surface area contributed by atoms with E-state index < -0.39 is 12.1 Å². The smallest absolute Gasteiger partial charge is 0.410 e. The molecule has 2 heterocycles. The largest absolute Gasteiger partial charge is 0.572 e. The molecular formula is C31H33F3N6O2S. The number of benzene rings is 2. The van der Waals surface area contributed by atoms with E-state index in [0.717, 1.165) is 33.6 Å². The SMILES string of the molecule is Cc1ccc(N2/C(=N/N=C/c3ccc(-c4ncn(C5=CC=C(OC(F)(F)F)CC5C)n4)cc3)SCC2(C)O)c(C(C)C)c1. The van der Waals surface area contributed by atoms with E-state index in [1.54, 1.807) is 30.2 Å². The van der Waals surface area contributed by atoms with Crippen LogP contribution in [0, 0.1) is 12.8 Å². The van der Waals surface area contributed by atoms with Crippen LogP contribution in [0.25, 0.3) is 17.1 Å². The van der Waals surface area contributed by atoms with Gasteiger partial charge in [-0.25, -0.2) is 9.67 Å². The lowest BCUT2D eigenvalue weighted by atomic mass is 9.97. The van der Waals surface area contributed by atoms with Crippen molar-refractivity contribution >= 4 is 34.5 Å². The molecule has 0 spiro atoms. The summed E-state index contributed by atoms with van der Waals surface area (Å²) in [5, 5.41) is 25.1. The molecule has 43 heavy (non-hydrogen) atoms. The Morgan fingerprint density at radius 1 is 1.16 bits per heavy atom. The van der Waals surface area contributed by atoms with Gasteiger partial charge >= 0.3 is 6.36 Å². The molecule has 0 bridgehead atoms. The molecule has 1 aliphatic carbocycles. The third kappa shape index (κ3) is 7.02. The van der Waals surface area contributed by atoms with Gasteiger partial charge in [-0.1, -0.05) is 74.5 Å². The van der Waals surface area contributed by atoms with Gasteiger partial charge in [-0.2, -0.15) is 5.10 Å². The molecule has 2 aromatic carbocycles. The summed E-state index contributed by atoms with van der Waals surface area (Å²) in [5.41, 5.74) is 4.43. The summed E-state index contributed by atoms with van der Waals surface area (Å²) in [6, 6.07) is 13.7. The molecule has 1 aromatic heterocycles. The number of allylic oxidation sites excluding steroid dienone is 4. The molecule has 2 aliphatic rings. The highest BCUT2D eigenvalue weighted by molar-refractivity contribution is 8.14. The Morgan fingerprint density at radius 2 is 1.91 bits per heavy atom. The minimum Gasteiger partial charge on any atom is -0.410 e. The van der Waals surface area contributed by atoms with Gasteiger partial charge in [0, 0.05) is 35.0 Å². The van der Waals surface area contributed by atoms with Gasteiger partial charge in [0.1, 0.15) is 12.1 Å². The molecule has 2 unspecified atom stereocenters. The molecule has 5 rings (SSSR count). The van der Waals surface area contributed by atoms with Crippen LogP contribution < -0.4 is 4.90 Å². The molecular weight excluding hydrogens is 577 g/mol. The van der Waals surface area contributed by atoms with Gasteiger partial charge in [0.15, 0.2) is 16.7 Å². The maximum absolute atomic E-state index is 12.6. The number of amidine groups is 1. The third-order valence-electron chi connectivity index (χ3n) is 7.17. The van der Waals surface area contributed by atoms with E-state index in [0.29, 0.717) is 16.7 Å². The van der Waals surface area contributed by atoms with Crippen LogP contribution in [0.1, 0.15) is 56.7 Å². The number of nitrogens with zero attached hydrogens (tertiary/aromatic N) is 6. The Hall–Kier alpha value is -3.90. The topological polar surface area (TPSA) is 88.1 Å². The quantitative estimate of drug-likeness (QED) is 0.223. The lowest BCUT2D eigenvalue weighted by molar-refractivity contribution is -0.306. The molecule has 1 saturated heterocycles. The van der Waals surface area contributed by atoms with Gasteiger partial charge in [-0.15, -0.1) is 23.4 Å². The van der Waals surface area contributed by atoms with Crippen molar-refractivity contribution in [2.45, 2.75) is 59.0 Å². The van der Waals surface area contributed by atoms with E-state index in [1.807, 2.05) is 48.2 Å². The van der Waals surface area contributed by atoms with E-state index in [9.17, 15) is 18.3 Å². The minimum atomic E-state index is -4.71. The number of aryl methyl sites for hydroxylation is 1. The lowest BCUT2D eigenvalue weighted by Gasteiger charge is -2.33. The van der Waals surface area contributed by atoms with Gasteiger partial charge < -0.3 is 9.84 Å². The standard InChI is InChI=1S/C31H33F3N6O2S/c1-19(2)25-14-20(3)6-12-27(25)40-29(43-17-30(40,5)41)37-36-16-22-7-9-23(10-8-22)28-35-18-39(38-28)26-13-11-24(15-21(26)4)42-31(32,33)34/h6-14,16,18-19,21,41H,15,17H2,1-5H3/b36-16+,37-29-. The fraction of sp³-hybridized carbons (Fsp3) is 0.355. The van der Waals surface area contributed by atoms with Crippen molar-refractivity contribution in [1.29, 1.82) is 0 Å². The van der Waals surface area contributed by atoms with Crippen LogP contribution in [-0.4, -0.2) is 49.1 Å². The number of aromatic nitrogens is 3. The first-order valence-electron chi connectivity index (χ1n) is 13.9. The summed E-state index contributed by atoms with van der Waals surface area (Å²) >= 11 is 1.46. The molecule has 0 radical (unpaired) electrons. The number of hydrogen-bond donors (Lipinski definition) is 1. The Bertz CT molecular complexity index is 1610. The zero-order valence-electron chi connectivity index (χ0n) is 24.5. The van der Waals surface area contributed by atoms with Crippen LogP contribution in [0.5, 0.6) is 0 Å². The van der Waals surface area contributed by atoms with E-state index in [1.165, 1.54) is 17.8 Å². The fourth-order valence-electron chi connectivity index (χ4n) is 5.04. The van der Waals surface area contributed by atoms with Gasteiger partial charge in [0.2, 0.25) is 0 Å². The van der Waals surface area contributed by atoms with Crippen molar-refractivity contribution in [3.8, 4) is 11.4 Å². The molecule has 0 amide bonds. The van der Waals surface area contributed by atoms with Crippen molar-refractivity contribution in [3.05, 3.63) is 83.4 Å². The zero-order valence-corrected chi connectivity index (χ0v) is 25.3. The Balaban J connectivity index is 1.30. The second kappa shape index (κ2) is 12.0. The molecule has 1 aliphatic heterocycles. The Morgan fingerprint density at radius 3 is 2.58 bits per heavy atom. The normalized spacial score (nSPS) is 22.0. The first-order valence-corrected chi connectivity index (χ1v) is 14.9. The van der Waals surface area contributed by atoms with Crippen LogP contribution in [0.4, 0.5) is 18.9 Å². The second-order valence-corrected chi connectivity index (χ2v) is 12.1. The predicted octanol–water partition coefficient (Wildman–Crippen LogP) is 7.33. The third-order valence-corrected chi connectivity index (χ3v) is 8.38.